The van der Waals surface area contributed by atoms with Crippen molar-refractivity contribution in [1.29, 1.82) is 0 Å². The summed E-state index contributed by atoms with van der Waals surface area (Å²) >= 11 is 0. The fourth-order valence-electron chi connectivity index (χ4n) is 3.75. The first-order valence-electron chi connectivity index (χ1n) is 9.57. The number of imide groups is 1. The van der Waals surface area contributed by atoms with Crippen LogP contribution < -0.4 is 4.90 Å². The van der Waals surface area contributed by atoms with E-state index < -0.39 is 0 Å². The molecule has 0 spiro atoms. The van der Waals surface area contributed by atoms with E-state index in [1.54, 1.807) is 0 Å². The van der Waals surface area contributed by atoms with Crippen LogP contribution in [0.5, 0.6) is 0 Å². The molecule has 1 heterocycles. The predicted molar refractivity (Wildman–Crippen MR) is 106 cm³/mol. The van der Waals surface area contributed by atoms with Gasteiger partial charge in [0.2, 0.25) is 11.8 Å². The molecule has 1 atom stereocenters. The summed E-state index contributed by atoms with van der Waals surface area (Å²) in [5, 5.41) is 3.31. The molecule has 0 radical (unpaired) electrons. The summed E-state index contributed by atoms with van der Waals surface area (Å²) in [5.74, 6) is 0.372. The zero-order valence-corrected chi connectivity index (χ0v) is 17.0. The Morgan fingerprint density at radius 2 is 1.85 bits per heavy atom. The molecular weight excluding hydrogens is 326 g/mol. The number of hydrazine groups is 1. The third kappa shape index (κ3) is 4.44. The minimum atomic E-state index is -0.296. The third-order valence-electron chi connectivity index (χ3n) is 5.38. The Balaban J connectivity index is 2.09. The average Bonchev–Trinajstić information content (AvgIpc) is 2.82. The first kappa shape index (κ1) is 20.4. The smallest absolute Gasteiger partial charge is 0.245 e. The normalized spacial score (nSPS) is 18.4. The SMILES string of the molecule is CCN1N(C(=O)C[C@@H](CN(C)c2ccccc2)C(C)C)C(=O)CC1(C)C. The fraction of sp³-hybridized carbons (Fsp3) is 0.619. The number of hydrogen-bond donors (Lipinski definition) is 0. The molecule has 144 valence electrons. The number of nitrogens with zero attached hydrogens (tertiary/aromatic N) is 3. The van der Waals surface area contributed by atoms with E-state index in [4.69, 9.17) is 0 Å². The Bertz CT molecular complexity index is 627. The second kappa shape index (κ2) is 8.21. The van der Waals surface area contributed by atoms with E-state index in [0.717, 1.165) is 12.2 Å². The van der Waals surface area contributed by atoms with Crippen LogP contribution in [0.3, 0.4) is 0 Å². The Morgan fingerprint density at radius 3 is 2.38 bits per heavy atom. The van der Waals surface area contributed by atoms with Gasteiger partial charge in [-0.25, -0.2) is 10.0 Å². The van der Waals surface area contributed by atoms with E-state index in [-0.39, 0.29) is 23.3 Å². The lowest BCUT2D eigenvalue weighted by atomic mass is 9.91. The molecule has 1 saturated heterocycles. The molecule has 0 N–H and O–H groups in total. The van der Waals surface area contributed by atoms with Crippen molar-refractivity contribution in [3.05, 3.63) is 30.3 Å². The number of para-hydroxylation sites is 1. The molecule has 5 nitrogen and oxygen atoms in total. The number of hydrogen-bond acceptors (Lipinski definition) is 4. The van der Waals surface area contributed by atoms with E-state index in [1.165, 1.54) is 5.01 Å². The molecule has 0 saturated carbocycles. The van der Waals surface area contributed by atoms with Gasteiger partial charge in [-0.15, -0.1) is 0 Å². The molecule has 0 aromatic heterocycles. The number of carbonyl (C=O) groups excluding carboxylic acids is 2. The number of rotatable bonds is 7. The molecule has 2 rings (SSSR count). The Kier molecular flexibility index (Phi) is 6.45. The van der Waals surface area contributed by atoms with Crippen LogP contribution in [0.25, 0.3) is 0 Å². The van der Waals surface area contributed by atoms with E-state index in [2.05, 4.69) is 37.9 Å². The van der Waals surface area contributed by atoms with Gasteiger partial charge in [0.25, 0.3) is 0 Å². The van der Waals surface area contributed by atoms with Crippen LogP contribution >= 0.6 is 0 Å². The zero-order chi connectivity index (χ0) is 19.5. The van der Waals surface area contributed by atoms with Crippen molar-refractivity contribution in [3.8, 4) is 0 Å². The van der Waals surface area contributed by atoms with Crippen LogP contribution in [-0.2, 0) is 9.59 Å². The monoisotopic (exact) mass is 359 g/mol. The van der Waals surface area contributed by atoms with Gasteiger partial charge in [-0.2, -0.15) is 0 Å². The van der Waals surface area contributed by atoms with Crippen molar-refractivity contribution < 1.29 is 9.59 Å². The molecule has 1 aliphatic rings. The second-order valence-electron chi connectivity index (χ2n) is 8.23. The molecule has 26 heavy (non-hydrogen) atoms. The van der Waals surface area contributed by atoms with Gasteiger partial charge in [0.05, 0.1) is 0 Å². The van der Waals surface area contributed by atoms with Crippen molar-refractivity contribution in [2.75, 3.05) is 25.0 Å². The molecule has 0 unspecified atom stereocenters. The maximum Gasteiger partial charge on any atom is 0.245 e. The molecule has 0 aliphatic carbocycles. The van der Waals surface area contributed by atoms with Crippen molar-refractivity contribution >= 4 is 17.5 Å². The summed E-state index contributed by atoms with van der Waals surface area (Å²) in [6.07, 6.45) is 0.774. The third-order valence-corrected chi connectivity index (χ3v) is 5.38. The van der Waals surface area contributed by atoms with Gasteiger partial charge in [-0.05, 0) is 37.8 Å². The standard InChI is InChI=1S/C21H33N3O2/c1-7-23-21(4,5)14-20(26)24(23)19(25)13-17(16(2)3)15-22(6)18-11-9-8-10-12-18/h8-12,16-17H,7,13-15H2,1-6H3/t17-/m0/s1. The lowest BCUT2D eigenvalue weighted by Gasteiger charge is -2.35. The Labute approximate surface area is 157 Å². The van der Waals surface area contributed by atoms with Crippen LogP contribution in [0, 0.1) is 11.8 Å². The van der Waals surface area contributed by atoms with Crippen LogP contribution in [-0.4, -0.2) is 47.5 Å². The number of carbonyl (C=O) groups is 2. The topological polar surface area (TPSA) is 43.9 Å². The van der Waals surface area contributed by atoms with Gasteiger partial charge in [-0.1, -0.05) is 39.0 Å². The van der Waals surface area contributed by atoms with Crippen LogP contribution in [0.4, 0.5) is 5.69 Å². The minimum Gasteiger partial charge on any atom is -0.374 e. The summed E-state index contributed by atoms with van der Waals surface area (Å²) in [7, 11) is 2.05. The fourth-order valence-corrected chi connectivity index (χ4v) is 3.75. The van der Waals surface area contributed by atoms with Crippen molar-refractivity contribution in [1.82, 2.24) is 10.0 Å². The van der Waals surface area contributed by atoms with Crippen molar-refractivity contribution in [2.24, 2.45) is 11.8 Å². The summed E-state index contributed by atoms with van der Waals surface area (Å²) in [6, 6.07) is 10.2. The van der Waals surface area contributed by atoms with E-state index >= 15 is 0 Å². The van der Waals surface area contributed by atoms with Crippen LogP contribution in [0.15, 0.2) is 30.3 Å². The lowest BCUT2D eigenvalue weighted by Crippen LogP contribution is -2.50. The van der Waals surface area contributed by atoms with Gasteiger partial charge in [0, 0.05) is 44.2 Å². The average molecular weight is 360 g/mol. The molecule has 1 aromatic rings. The number of amides is 2. The van der Waals surface area contributed by atoms with Gasteiger partial charge in [0.1, 0.15) is 0 Å². The van der Waals surface area contributed by atoms with Gasteiger partial charge in [-0.3, -0.25) is 9.59 Å². The van der Waals surface area contributed by atoms with Gasteiger partial charge in [0.15, 0.2) is 0 Å². The van der Waals surface area contributed by atoms with E-state index in [9.17, 15) is 9.59 Å². The highest BCUT2D eigenvalue weighted by atomic mass is 16.2. The first-order valence-corrected chi connectivity index (χ1v) is 9.57. The maximum atomic E-state index is 13.0. The highest BCUT2D eigenvalue weighted by Crippen LogP contribution is 2.31. The van der Waals surface area contributed by atoms with E-state index in [0.29, 0.717) is 25.3 Å². The van der Waals surface area contributed by atoms with Crippen molar-refractivity contribution in [2.45, 2.75) is 53.0 Å². The molecule has 1 aromatic carbocycles. The van der Waals surface area contributed by atoms with Crippen molar-refractivity contribution in [3.63, 3.8) is 0 Å². The molecule has 2 amide bonds. The molecule has 5 heteroatoms. The zero-order valence-electron chi connectivity index (χ0n) is 17.0. The summed E-state index contributed by atoms with van der Waals surface area (Å²) in [5.41, 5.74) is 0.842. The maximum absolute atomic E-state index is 13.0. The highest BCUT2D eigenvalue weighted by Gasteiger charge is 2.46. The molecular formula is C21H33N3O2. The summed E-state index contributed by atoms with van der Waals surface area (Å²) < 4.78 is 0. The quantitative estimate of drug-likeness (QED) is 0.747. The number of anilines is 1. The predicted octanol–water partition coefficient (Wildman–Crippen LogP) is 3.56. The van der Waals surface area contributed by atoms with Gasteiger partial charge >= 0.3 is 0 Å². The Morgan fingerprint density at radius 1 is 1.23 bits per heavy atom. The minimum absolute atomic E-state index is 0.0809. The van der Waals surface area contributed by atoms with Crippen LogP contribution in [0.1, 0.15) is 47.5 Å². The van der Waals surface area contributed by atoms with Gasteiger partial charge < -0.3 is 4.90 Å². The molecule has 1 aliphatic heterocycles. The summed E-state index contributed by atoms with van der Waals surface area (Å²) in [6.45, 7) is 11.7. The Hall–Kier alpha value is -1.88. The largest absolute Gasteiger partial charge is 0.374 e. The summed E-state index contributed by atoms with van der Waals surface area (Å²) in [4.78, 5) is 27.6. The van der Waals surface area contributed by atoms with E-state index in [1.807, 2.05) is 44.0 Å². The number of benzene rings is 1. The van der Waals surface area contributed by atoms with Crippen LogP contribution in [0.2, 0.25) is 0 Å². The second-order valence-corrected chi connectivity index (χ2v) is 8.23. The molecule has 1 fully saturated rings. The molecule has 0 bridgehead atoms. The lowest BCUT2D eigenvalue weighted by molar-refractivity contribution is -0.160. The first-order chi connectivity index (χ1) is 12.2. The highest BCUT2D eigenvalue weighted by molar-refractivity contribution is 5.96.